The Morgan fingerprint density at radius 1 is 1.20 bits per heavy atom. The quantitative estimate of drug-likeness (QED) is 0.348. The number of hydrogen-bond acceptors (Lipinski definition) is 9. The van der Waals surface area contributed by atoms with Gasteiger partial charge in [0.1, 0.15) is 6.10 Å². The number of nitrogens with two attached hydrogens (primary N) is 1. The number of nitrogens with zero attached hydrogens (tertiary/aromatic N) is 5. The largest absolute Gasteiger partial charge is 0.368 e. The highest BCUT2D eigenvalue weighted by Crippen LogP contribution is 2.47. The number of thioether (sulfide) groups is 1. The van der Waals surface area contributed by atoms with Gasteiger partial charge in [0, 0.05) is 18.2 Å². The normalized spacial score (nSPS) is 27.6. The Labute approximate surface area is 181 Å². The van der Waals surface area contributed by atoms with Crippen molar-refractivity contribution in [1.82, 2.24) is 25.0 Å². The Morgan fingerprint density at radius 3 is 2.73 bits per heavy atom. The Bertz CT molecular complexity index is 874. The summed E-state index contributed by atoms with van der Waals surface area (Å²) in [6, 6.07) is -0.0160. The first-order chi connectivity index (χ1) is 14.5. The molecule has 2 fully saturated rings. The van der Waals surface area contributed by atoms with E-state index >= 15 is 0 Å². The van der Waals surface area contributed by atoms with Gasteiger partial charge in [0.05, 0.1) is 12.1 Å². The van der Waals surface area contributed by atoms with E-state index < -0.39 is 5.79 Å². The van der Waals surface area contributed by atoms with Crippen molar-refractivity contribution in [3.8, 4) is 0 Å². The third-order valence-electron chi connectivity index (χ3n) is 5.73. The summed E-state index contributed by atoms with van der Waals surface area (Å²) in [6.07, 6.45) is 3.93. The van der Waals surface area contributed by atoms with Crippen molar-refractivity contribution in [3.63, 3.8) is 0 Å². The van der Waals surface area contributed by atoms with Crippen LogP contribution < -0.4 is 11.1 Å². The molecule has 1 aliphatic carbocycles. The van der Waals surface area contributed by atoms with Gasteiger partial charge in [0.25, 0.3) is 0 Å². The highest BCUT2D eigenvalue weighted by Gasteiger charge is 2.54. The zero-order chi connectivity index (χ0) is 21.3. The van der Waals surface area contributed by atoms with E-state index in [1.54, 1.807) is 11.8 Å². The number of fused-ring (bicyclic) bond motifs is 2. The molecule has 4 rings (SSSR count). The lowest BCUT2D eigenvalue weighted by molar-refractivity contribution is -0.160. The molecule has 0 unspecified atom stereocenters. The van der Waals surface area contributed by atoms with Crippen LogP contribution in [0.1, 0.15) is 59.4 Å². The van der Waals surface area contributed by atoms with E-state index in [0.717, 1.165) is 54.6 Å². The van der Waals surface area contributed by atoms with Crippen molar-refractivity contribution in [2.75, 3.05) is 24.2 Å². The van der Waals surface area contributed by atoms with Crippen LogP contribution in [0.25, 0.3) is 11.2 Å². The fourth-order valence-electron chi connectivity index (χ4n) is 4.33. The van der Waals surface area contributed by atoms with Crippen molar-refractivity contribution in [2.45, 2.75) is 82.6 Å². The molecule has 0 amide bonds. The summed E-state index contributed by atoms with van der Waals surface area (Å²) in [5, 5.41) is 13.1. The van der Waals surface area contributed by atoms with Crippen LogP contribution in [0, 0.1) is 5.92 Å². The maximum atomic E-state index is 6.26. The van der Waals surface area contributed by atoms with Gasteiger partial charge in [0.15, 0.2) is 27.9 Å². The molecule has 0 radical (unpaired) electrons. The highest BCUT2D eigenvalue weighted by atomic mass is 32.2. The summed E-state index contributed by atoms with van der Waals surface area (Å²) >= 11 is 1.66. The average molecular weight is 436 g/mol. The molecule has 3 heterocycles. The molecule has 30 heavy (non-hydrogen) atoms. The van der Waals surface area contributed by atoms with Crippen LogP contribution in [0.4, 0.5) is 5.82 Å². The fraction of sp³-hybridized carbons (Fsp3) is 0.800. The maximum Gasteiger partial charge on any atom is 0.191 e. The predicted molar refractivity (Wildman–Crippen MR) is 118 cm³/mol. The Hall–Kier alpha value is -1.49. The van der Waals surface area contributed by atoms with Crippen molar-refractivity contribution in [2.24, 2.45) is 11.7 Å². The van der Waals surface area contributed by atoms with Crippen LogP contribution in [0.15, 0.2) is 5.16 Å². The molecule has 166 valence electrons. The molecule has 9 nitrogen and oxygen atoms in total. The second-order valence-electron chi connectivity index (χ2n) is 8.55. The lowest BCUT2D eigenvalue weighted by Gasteiger charge is -2.23. The van der Waals surface area contributed by atoms with Gasteiger partial charge in [0.2, 0.25) is 0 Å². The zero-order valence-corrected chi connectivity index (χ0v) is 19.1. The maximum absolute atomic E-state index is 6.26. The molecule has 1 aliphatic heterocycles. The van der Waals surface area contributed by atoms with Gasteiger partial charge in [-0.25, -0.2) is 14.6 Å². The standard InChI is InChI=1S/C20H33N7O2S/c1-5-7-8-22-17-14-18(24-19(23-17)30-9-6-2)27(26-25-14)13-10-12(11-21)15-16(13)29-20(3,4)28-15/h12-13,15-16H,5-11,21H2,1-4H3,(H,22,23,24)/t12-,13-,15-,16+/m0/s1. The second-order valence-corrected chi connectivity index (χ2v) is 9.62. The molecule has 0 bridgehead atoms. The fourth-order valence-corrected chi connectivity index (χ4v) is 5.02. The van der Waals surface area contributed by atoms with Crippen molar-refractivity contribution < 1.29 is 9.47 Å². The third-order valence-corrected chi connectivity index (χ3v) is 6.78. The van der Waals surface area contributed by atoms with Gasteiger partial charge in [-0.2, -0.15) is 0 Å². The molecule has 2 aliphatic rings. The summed E-state index contributed by atoms with van der Waals surface area (Å²) in [4.78, 5) is 9.55. The molecule has 0 aromatic carbocycles. The first kappa shape index (κ1) is 21.7. The minimum Gasteiger partial charge on any atom is -0.368 e. The van der Waals surface area contributed by atoms with Gasteiger partial charge >= 0.3 is 0 Å². The molecule has 10 heteroatoms. The smallest absolute Gasteiger partial charge is 0.191 e. The molecular weight excluding hydrogens is 402 g/mol. The van der Waals surface area contributed by atoms with E-state index in [1.807, 2.05) is 18.5 Å². The van der Waals surface area contributed by atoms with E-state index in [0.29, 0.717) is 12.1 Å². The van der Waals surface area contributed by atoms with Crippen LogP contribution in [0.2, 0.25) is 0 Å². The minimum atomic E-state index is -0.623. The van der Waals surface area contributed by atoms with Gasteiger partial charge in [-0.1, -0.05) is 37.2 Å². The Kier molecular flexibility index (Phi) is 6.47. The van der Waals surface area contributed by atoms with Gasteiger partial charge < -0.3 is 20.5 Å². The van der Waals surface area contributed by atoms with Crippen LogP contribution in [-0.2, 0) is 9.47 Å². The minimum absolute atomic E-state index is 0.0160. The molecule has 3 N–H and O–H groups in total. The van der Waals surface area contributed by atoms with E-state index in [2.05, 4.69) is 29.5 Å². The van der Waals surface area contributed by atoms with E-state index in [1.165, 1.54) is 0 Å². The molecule has 4 atom stereocenters. The summed E-state index contributed by atoms with van der Waals surface area (Å²) in [5.41, 5.74) is 7.51. The van der Waals surface area contributed by atoms with Crippen molar-refractivity contribution >= 4 is 28.7 Å². The second kappa shape index (κ2) is 8.94. The SMILES string of the molecule is CCCCNc1nc(SCCC)nc2c1nnn2[C@H]1C[C@@H](CN)[C@@H]2OC(C)(C)O[C@@H]21. The molecule has 1 saturated heterocycles. The van der Waals surface area contributed by atoms with E-state index in [-0.39, 0.29) is 24.2 Å². The van der Waals surface area contributed by atoms with Gasteiger partial charge in [-0.05, 0) is 39.7 Å². The summed E-state index contributed by atoms with van der Waals surface area (Å²) < 4.78 is 14.3. The first-order valence-electron chi connectivity index (χ1n) is 11.0. The first-order valence-corrected chi connectivity index (χ1v) is 12.0. The summed E-state index contributed by atoms with van der Waals surface area (Å²) in [7, 11) is 0. The summed E-state index contributed by atoms with van der Waals surface area (Å²) in [6.45, 7) is 9.63. The van der Waals surface area contributed by atoms with E-state index in [9.17, 15) is 0 Å². The number of hydrogen-bond donors (Lipinski definition) is 2. The Balaban J connectivity index is 1.71. The average Bonchev–Trinajstić information content (AvgIpc) is 3.36. The topological polar surface area (TPSA) is 113 Å². The predicted octanol–water partition coefficient (Wildman–Crippen LogP) is 2.98. The van der Waals surface area contributed by atoms with Crippen molar-refractivity contribution in [1.29, 1.82) is 0 Å². The zero-order valence-electron chi connectivity index (χ0n) is 18.3. The van der Waals surface area contributed by atoms with Crippen LogP contribution in [0.3, 0.4) is 0 Å². The monoisotopic (exact) mass is 435 g/mol. The van der Waals surface area contributed by atoms with Gasteiger partial charge in [-0.15, -0.1) is 5.10 Å². The highest BCUT2D eigenvalue weighted by molar-refractivity contribution is 7.99. The van der Waals surface area contributed by atoms with Gasteiger partial charge in [-0.3, -0.25) is 0 Å². The Morgan fingerprint density at radius 2 is 2.00 bits per heavy atom. The van der Waals surface area contributed by atoms with Crippen molar-refractivity contribution in [3.05, 3.63) is 0 Å². The number of ether oxygens (including phenoxy) is 2. The number of unbranched alkanes of at least 4 members (excludes halogenated alkanes) is 1. The lowest BCUT2D eigenvalue weighted by Crippen LogP contribution is -2.29. The molecule has 0 spiro atoms. The number of aromatic nitrogens is 5. The molecule has 2 aromatic heterocycles. The van der Waals surface area contributed by atoms with Crippen LogP contribution >= 0.6 is 11.8 Å². The van der Waals surface area contributed by atoms with Crippen LogP contribution in [-0.4, -0.2) is 61.8 Å². The molecule has 1 saturated carbocycles. The molecule has 2 aromatic rings. The van der Waals surface area contributed by atoms with Crippen LogP contribution in [0.5, 0.6) is 0 Å². The summed E-state index contributed by atoms with van der Waals surface area (Å²) in [5.74, 6) is 1.32. The lowest BCUT2D eigenvalue weighted by atomic mass is 10.1. The third kappa shape index (κ3) is 4.15. The number of anilines is 1. The number of nitrogens with one attached hydrogen (secondary N) is 1. The molecular formula is C20H33N7O2S. The number of rotatable bonds is 9. The van der Waals surface area contributed by atoms with E-state index in [4.69, 9.17) is 25.2 Å².